The SMILES string of the molecule is CN(CC(=O)N1CCC(=O)CC1)Cc1ccco1. The quantitative estimate of drug-likeness (QED) is 0.797. The molecule has 0 atom stereocenters. The zero-order chi connectivity index (χ0) is 13.0. The number of carbonyl (C=O) groups excluding carboxylic acids is 2. The van der Waals surface area contributed by atoms with Crippen molar-refractivity contribution < 1.29 is 14.0 Å². The number of nitrogens with zero attached hydrogens (tertiary/aromatic N) is 2. The fraction of sp³-hybridized carbons (Fsp3) is 0.538. The van der Waals surface area contributed by atoms with Crippen LogP contribution in [0.15, 0.2) is 22.8 Å². The van der Waals surface area contributed by atoms with Crippen molar-refractivity contribution in [2.45, 2.75) is 19.4 Å². The first-order chi connectivity index (χ1) is 8.65. The Morgan fingerprint density at radius 3 is 2.78 bits per heavy atom. The molecule has 2 rings (SSSR count). The molecule has 0 spiro atoms. The molecule has 1 fully saturated rings. The van der Waals surface area contributed by atoms with Crippen molar-refractivity contribution in [2.75, 3.05) is 26.7 Å². The third kappa shape index (κ3) is 3.43. The second-order valence-electron chi connectivity index (χ2n) is 4.67. The zero-order valence-electron chi connectivity index (χ0n) is 10.6. The normalized spacial score (nSPS) is 16.3. The summed E-state index contributed by atoms with van der Waals surface area (Å²) < 4.78 is 5.23. The van der Waals surface area contributed by atoms with Crippen molar-refractivity contribution in [3.63, 3.8) is 0 Å². The van der Waals surface area contributed by atoms with Crippen molar-refractivity contribution >= 4 is 11.7 Å². The van der Waals surface area contributed by atoms with Crippen LogP contribution in [0.4, 0.5) is 0 Å². The first-order valence-electron chi connectivity index (χ1n) is 6.15. The average molecular weight is 250 g/mol. The predicted molar refractivity (Wildman–Crippen MR) is 65.9 cm³/mol. The van der Waals surface area contributed by atoms with E-state index in [0.29, 0.717) is 39.0 Å². The van der Waals surface area contributed by atoms with Crippen molar-refractivity contribution in [1.29, 1.82) is 0 Å². The van der Waals surface area contributed by atoms with Gasteiger partial charge in [-0.2, -0.15) is 0 Å². The molecule has 0 radical (unpaired) electrons. The molecule has 2 heterocycles. The second kappa shape index (κ2) is 5.82. The minimum absolute atomic E-state index is 0.0801. The van der Waals surface area contributed by atoms with Crippen LogP contribution in [0.5, 0.6) is 0 Å². The molecule has 1 amide bonds. The first kappa shape index (κ1) is 12.8. The number of piperidine rings is 1. The van der Waals surface area contributed by atoms with Crippen LogP contribution >= 0.6 is 0 Å². The van der Waals surface area contributed by atoms with Gasteiger partial charge < -0.3 is 9.32 Å². The number of furan rings is 1. The van der Waals surface area contributed by atoms with Gasteiger partial charge in [0, 0.05) is 25.9 Å². The third-order valence-corrected chi connectivity index (χ3v) is 3.08. The highest BCUT2D eigenvalue weighted by molar-refractivity contribution is 5.84. The summed E-state index contributed by atoms with van der Waals surface area (Å²) in [5.74, 6) is 1.18. The van der Waals surface area contributed by atoms with Gasteiger partial charge >= 0.3 is 0 Å². The number of amides is 1. The Bertz CT molecular complexity index is 404. The monoisotopic (exact) mass is 250 g/mol. The number of hydrogen-bond acceptors (Lipinski definition) is 4. The fourth-order valence-corrected chi connectivity index (χ4v) is 2.06. The van der Waals surface area contributed by atoms with E-state index in [4.69, 9.17) is 4.42 Å². The summed E-state index contributed by atoms with van der Waals surface area (Å²) in [7, 11) is 1.88. The molecular weight excluding hydrogens is 232 g/mol. The van der Waals surface area contributed by atoms with Crippen molar-refractivity contribution in [1.82, 2.24) is 9.80 Å². The van der Waals surface area contributed by atoms with Crippen molar-refractivity contribution in [2.24, 2.45) is 0 Å². The molecule has 0 aliphatic carbocycles. The average Bonchev–Trinajstić information content (AvgIpc) is 2.82. The van der Waals surface area contributed by atoms with Gasteiger partial charge in [-0.3, -0.25) is 14.5 Å². The van der Waals surface area contributed by atoms with Crippen LogP contribution in [-0.2, 0) is 16.1 Å². The Kier molecular flexibility index (Phi) is 4.15. The highest BCUT2D eigenvalue weighted by Gasteiger charge is 2.21. The number of Topliss-reactive ketones (excluding diaryl/α,β-unsaturated/α-hetero) is 1. The van der Waals surface area contributed by atoms with E-state index in [2.05, 4.69) is 0 Å². The Hall–Kier alpha value is -1.62. The van der Waals surface area contributed by atoms with E-state index in [9.17, 15) is 9.59 Å². The van der Waals surface area contributed by atoms with E-state index >= 15 is 0 Å². The summed E-state index contributed by atoms with van der Waals surface area (Å²) in [6.07, 6.45) is 2.61. The molecule has 0 saturated carbocycles. The van der Waals surface area contributed by atoms with Crippen LogP contribution in [0.3, 0.4) is 0 Å². The molecule has 98 valence electrons. The van der Waals surface area contributed by atoms with Crippen LogP contribution < -0.4 is 0 Å². The topological polar surface area (TPSA) is 53.8 Å². The maximum Gasteiger partial charge on any atom is 0.236 e. The lowest BCUT2D eigenvalue weighted by atomic mass is 10.1. The number of hydrogen-bond donors (Lipinski definition) is 0. The molecule has 1 saturated heterocycles. The molecule has 0 aromatic carbocycles. The highest BCUT2D eigenvalue weighted by atomic mass is 16.3. The van der Waals surface area contributed by atoms with Gasteiger partial charge in [0.25, 0.3) is 0 Å². The Morgan fingerprint density at radius 2 is 2.17 bits per heavy atom. The van der Waals surface area contributed by atoms with Gasteiger partial charge in [-0.05, 0) is 19.2 Å². The third-order valence-electron chi connectivity index (χ3n) is 3.08. The maximum absolute atomic E-state index is 12.0. The maximum atomic E-state index is 12.0. The van der Waals surface area contributed by atoms with Crippen LogP contribution in [0.1, 0.15) is 18.6 Å². The number of likely N-dealkylation sites (N-methyl/N-ethyl adjacent to an activating group) is 1. The van der Waals surface area contributed by atoms with Gasteiger partial charge in [0.05, 0.1) is 19.4 Å². The molecule has 0 bridgehead atoms. The molecule has 0 unspecified atom stereocenters. The Morgan fingerprint density at radius 1 is 1.44 bits per heavy atom. The molecular formula is C13H18N2O3. The van der Waals surface area contributed by atoms with E-state index < -0.39 is 0 Å². The van der Waals surface area contributed by atoms with Crippen LogP contribution in [-0.4, -0.2) is 48.2 Å². The zero-order valence-corrected chi connectivity index (χ0v) is 10.6. The van der Waals surface area contributed by atoms with Crippen molar-refractivity contribution in [3.05, 3.63) is 24.2 Å². The number of rotatable bonds is 4. The minimum atomic E-state index is 0.0801. The second-order valence-corrected chi connectivity index (χ2v) is 4.67. The van der Waals surface area contributed by atoms with Gasteiger partial charge in [0.15, 0.2) is 0 Å². The first-order valence-corrected chi connectivity index (χ1v) is 6.15. The molecule has 1 aromatic heterocycles. The van der Waals surface area contributed by atoms with Crippen molar-refractivity contribution in [3.8, 4) is 0 Å². The van der Waals surface area contributed by atoms with E-state index in [1.165, 1.54) is 0 Å². The Labute approximate surface area is 106 Å². The molecule has 5 nitrogen and oxygen atoms in total. The lowest BCUT2D eigenvalue weighted by molar-refractivity contribution is -0.135. The Balaban J connectivity index is 1.78. The summed E-state index contributed by atoms with van der Waals surface area (Å²) in [6, 6.07) is 3.72. The van der Waals surface area contributed by atoms with Crippen LogP contribution in [0.2, 0.25) is 0 Å². The van der Waals surface area contributed by atoms with Gasteiger partial charge in [-0.15, -0.1) is 0 Å². The van der Waals surface area contributed by atoms with E-state index in [1.54, 1.807) is 11.2 Å². The number of carbonyl (C=O) groups is 2. The number of likely N-dealkylation sites (tertiary alicyclic amines) is 1. The highest BCUT2D eigenvalue weighted by Crippen LogP contribution is 2.08. The summed E-state index contributed by atoms with van der Waals surface area (Å²) in [5, 5.41) is 0. The largest absolute Gasteiger partial charge is 0.468 e. The van der Waals surface area contributed by atoms with Gasteiger partial charge in [0.2, 0.25) is 5.91 Å². The molecule has 1 aromatic rings. The molecule has 1 aliphatic heterocycles. The van der Waals surface area contributed by atoms with Gasteiger partial charge in [-0.25, -0.2) is 0 Å². The van der Waals surface area contributed by atoms with E-state index in [0.717, 1.165) is 5.76 Å². The lowest BCUT2D eigenvalue weighted by Gasteiger charge is -2.27. The fourth-order valence-electron chi connectivity index (χ4n) is 2.06. The minimum Gasteiger partial charge on any atom is -0.468 e. The van der Waals surface area contributed by atoms with Crippen LogP contribution in [0.25, 0.3) is 0 Å². The van der Waals surface area contributed by atoms with Crippen LogP contribution in [0, 0.1) is 0 Å². The standard InChI is InChI=1S/C13H18N2O3/c1-14(9-12-3-2-8-18-12)10-13(17)15-6-4-11(16)5-7-15/h2-3,8H,4-7,9-10H2,1H3. The van der Waals surface area contributed by atoms with E-state index in [-0.39, 0.29) is 11.7 Å². The lowest BCUT2D eigenvalue weighted by Crippen LogP contribution is -2.43. The summed E-state index contributed by atoms with van der Waals surface area (Å²) >= 11 is 0. The molecule has 1 aliphatic rings. The van der Waals surface area contributed by atoms with Gasteiger partial charge in [-0.1, -0.05) is 0 Å². The molecule has 0 N–H and O–H groups in total. The smallest absolute Gasteiger partial charge is 0.236 e. The van der Waals surface area contributed by atoms with E-state index in [1.807, 2.05) is 24.1 Å². The molecule has 5 heteroatoms. The van der Waals surface area contributed by atoms with Gasteiger partial charge in [0.1, 0.15) is 11.5 Å². The number of ketones is 1. The molecule has 18 heavy (non-hydrogen) atoms. The summed E-state index contributed by atoms with van der Waals surface area (Å²) in [5.41, 5.74) is 0. The summed E-state index contributed by atoms with van der Waals surface area (Å²) in [6.45, 7) is 2.10. The predicted octanol–water partition coefficient (Wildman–Crippen LogP) is 0.903. The summed E-state index contributed by atoms with van der Waals surface area (Å²) in [4.78, 5) is 26.8.